The van der Waals surface area contributed by atoms with E-state index >= 15 is 0 Å². The SMILES string of the molecule is CC(NC1CCC(O)CC1)c1cc2cnccc2o1. The summed E-state index contributed by atoms with van der Waals surface area (Å²) in [4.78, 5) is 4.10. The van der Waals surface area contributed by atoms with Gasteiger partial charge < -0.3 is 14.8 Å². The number of furan rings is 1. The minimum atomic E-state index is -0.106. The van der Waals surface area contributed by atoms with E-state index in [1.165, 1.54) is 0 Å². The first-order chi connectivity index (χ1) is 9.22. The van der Waals surface area contributed by atoms with E-state index in [4.69, 9.17) is 4.42 Å². The van der Waals surface area contributed by atoms with Crippen molar-refractivity contribution in [2.45, 2.75) is 50.8 Å². The number of hydrogen-bond donors (Lipinski definition) is 2. The molecule has 2 N–H and O–H groups in total. The van der Waals surface area contributed by atoms with E-state index < -0.39 is 0 Å². The highest BCUT2D eigenvalue weighted by Gasteiger charge is 2.22. The second kappa shape index (κ2) is 5.31. The number of rotatable bonds is 3. The summed E-state index contributed by atoms with van der Waals surface area (Å²) in [5.41, 5.74) is 0.887. The average molecular weight is 260 g/mol. The molecule has 4 heteroatoms. The second-order valence-corrected chi connectivity index (χ2v) is 5.46. The number of aromatic nitrogens is 1. The monoisotopic (exact) mass is 260 g/mol. The van der Waals surface area contributed by atoms with Crippen LogP contribution < -0.4 is 5.32 Å². The first-order valence-electron chi connectivity index (χ1n) is 7.00. The lowest BCUT2D eigenvalue weighted by Crippen LogP contribution is -2.36. The van der Waals surface area contributed by atoms with Gasteiger partial charge in [-0.25, -0.2) is 0 Å². The molecule has 4 nitrogen and oxygen atoms in total. The minimum absolute atomic E-state index is 0.106. The van der Waals surface area contributed by atoms with Crippen molar-refractivity contribution in [2.24, 2.45) is 0 Å². The Morgan fingerprint density at radius 3 is 2.89 bits per heavy atom. The molecule has 2 aromatic heterocycles. The Labute approximate surface area is 112 Å². The molecule has 1 saturated carbocycles. The van der Waals surface area contributed by atoms with Crippen molar-refractivity contribution >= 4 is 11.0 Å². The van der Waals surface area contributed by atoms with Crippen molar-refractivity contribution in [3.63, 3.8) is 0 Å². The van der Waals surface area contributed by atoms with Crippen LogP contribution in [0.25, 0.3) is 11.0 Å². The number of pyridine rings is 1. The zero-order valence-corrected chi connectivity index (χ0v) is 11.2. The number of fused-ring (bicyclic) bond motifs is 1. The smallest absolute Gasteiger partial charge is 0.137 e. The molecule has 0 aliphatic heterocycles. The van der Waals surface area contributed by atoms with Crippen LogP contribution in [0.3, 0.4) is 0 Å². The van der Waals surface area contributed by atoms with Crippen LogP contribution in [0.2, 0.25) is 0 Å². The van der Waals surface area contributed by atoms with Crippen molar-refractivity contribution in [3.8, 4) is 0 Å². The molecule has 1 aliphatic rings. The Balaban J connectivity index is 1.68. The van der Waals surface area contributed by atoms with Gasteiger partial charge >= 0.3 is 0 Å². The summed E-state index contributed by atoms with van der Waals surface area (Å²) in [6, 6.07) is 4.61. The van der Waals surface area contributed by atoms with Crippen molar-refractivity contribution in [1.29, 1.82) is 0 Å². The maximum Gasteiger partial charge on any atom is 0.137 e. The van der Waals surface area contributed by atoms with Crippen LogP contribution in [-0.2, 0) is 0 Å². The van der Waals surface area contributed by atoms with Crippen LogP contribution in [0.1, 0.15) is 44.4 Å². The predicted molar refractivity (Wildman–Crippen MR) is 73.8 cm³/mol. The molecule has 102 valence electrons. The van der Waals surface area contributed by atoms with E-state index in [2.05, 4.69) is 23.3 Å². The number of nitrogens with one attached hydrogen (secondary N) is 1. The molecule has 1 unspecified atom stereocenters. The lowest BCUT2D eigenvalue weighted by molar-refractivity contribution is 0.114. The van der Waals surface area contributed by atoms with E-state index in [1.54, 1.807) is 6.20 Å². The maximum absolute atomic E-state index is 9.52. The molecule has 3 rings (SSSR count). The zero-order valence-electron chi connectivity index (χ0n) is 11.2. The molecule has 0 amide bonds. The summed E-state index contributed by atoms with van der Waals surface area (Å²) < 4.78 is 5.84. The van der Waals surface area contributed by atoms with Gasteiger partial charge in [0.15, 0.2) is 0 Å². The Morgan fingerprint density at radius 2 is 2.16 bits per heavy atom. The highest BCUT2D eigenvalue weighted by molar-refractivity contribution is 5.76. The van der Waals surface area contributed by atoms with Gasteiger partial charge in [-0.2, -0.15) is 0 Å². The van der Waals surface area contributed by atoms with Gasteiger partial charge in [-0.3, -0.25) is 4.98 Å². The lowest BCUT2D eigenvalue weighted by Gasteiger charge is -2.28. The lowest BCUT2D eigenvalue weighted by atomic mass is 9.92. The first kappa shape index (κ1) is 12.6. The molecule has 1 atom stereocenters. The molecule has 0 spiro atoms. The van der Waals surface area contributed by atoms with Crippen LogP contribution in [0.15, 0.2) is 28.9 Å². The largest absolute Gasteiger partial charge is 0.459 e. The molecule has 2 heterocycles. The summed E-state index contributed by atoms with van der Waals surface area (Å²) in [5, 5.41) is 14.2. The number of aliphatic hydroxyl groups excluding tert-OH is 1. The summed E-state index contributed by atoms with van der Waals surface area (Å²) in [7, 11) is 0. The fraction of sp³-hybridized carbons (Fsp3) is 0.533. The summed E-state index contributed by atoms with van der Waals surface area (Å²) in [6.45, 7) is 2.12. The molecule has 1 fully saturated rings. The molecule has 19 heavy (non-hydrogen) atoms. The first-order valence-corrected chi connectivity index (χ1v) is 7.00. The fourth-order valence-electron chi connectivity index (χ4n) is 2.80. The van der Waals surface area contributed by atoms with E-state index in [-0.39, 0.29) is 12.1 Å². The van der Waals surface area contributed by atoms with Gasteiger partial charge in [0.2, 0.25) is 0 Å². The molecule has 0 aromatic carbocycles. The molecule has 0 radical (unpaired) electrons. The molecular formula is C15H20N2O2. The standard InChI is InChI=1S/C15H20N2O2/c1-10(17-12-2-4-13(18)5-3-12)15-8-11-9-16-7-6-14(11)19-15/h6-10,12-13,17-18H,2-5H2,1H3. The zero-order chi connectivity index (χ0) is 13.2. The van der Waals surface area contributed by atoms with Crippen LogP contribution in [0.5, 0.6) is 0 Å². The van der Waals surface area contributed by atoms with Gasteiger partial charge in [0.1, 0.15) is 11.3 Å². The topological polar surface area (TPSA) is 58.3 Å². The van der Waals surface area contributed by atoms with Crippen LogP contribution in [0, 0.1) is 0 Å². The summed E-state index contributed by atoms with van der Waals surface area (Å²) in [5.74, 6) is 0.953. The Kier molecular flexibility index (Phi) is 3.53. The highest BCUT2D eigenvalue weighted by atomic mass is 16.3. The normalized spacial score (nSPS) is 25.6. The molecule has 2 aromatic rings. The number of aliphatic hydroxyl groups is 1. The quantitative estimate of drug-likeness (QED) is 0.891. The molecule has 0 saturated heterocycles. The van der Waals surface area contributed by atoms with Gasteiger partial charge in [-0.15, -0.1) is 0 Å². The molecule has 0 bridgehead atoms. The third-order valence-electron chi connectivity index (χ3n) is 3.94. The van der Waals surface area contributed by atoms with Crippen molar-refractivity contribution in [1.82, 2.24) is 10.3 Å². The van der Waals surface area contributed by atoms with Crippen molar-refractivity contribution < 1.29 is 9.52 Å². The maximum atomic E-state index is 9.52. The van der Waals surface area contributed by atoms with Gasteiger partial charge in [0.25, 0.3) is 0 Å². The van der Waals surface area contributed by atoms with Crippen molar-refractivity contribution in [3.05, 3.63) is 30.3 Å². The third-order valence-corrected chi connectivity index (χ3v) is 3.94. The second-order valence-electron chi connectivity index (χ2n) is 5.46. The van der Waals surface area contributed by atoms with Crippen LogP contribution >= 0.6 is 0 Å². The van der Waals surface area contributed by atoms with E-state index in [9.17, 15) is 5.11 Å². The molecule has 1 aliphatic carbocycles. The predicted octanol–water partition coefficient (Wildman–Crippen LogP) is 2.78. The Bertz CT molecular complexity index is 511. The van der Waals surface area contributed by atoms with Gasteiger partial charge in [0, 0.05) is 23.8 Å². The van der Waals surface area contributed by atoms with E-state index in [0.717, 1.165) is 42.4 Å². The van der Waals surface area contributed by atoms with Crippen LogP contribution in [-0.4, -0.2) is 22.2 Å². The van der Waals surface area contributed by atoms with E-state index in [1.807, 2.05) is 12.3 Å². The Morgan fingerprint density at radius 1 is 1.37 bits per heavy atom. The van der Waals surface area contributed by atoms with Crippen molar-refractivity contribution in [2.75, 3.05) is 0 Å². The van der Waals surface area contributed by atoms with Crippen LogP contribution in [0.4, 0.5) is 0 Å². The highest BCUT2D eigenvalue weighted by Crippen LogP contribution is 2.25. The van der Waals surface area contributed by atoms with Gasteiger partial charge in [-0.05, 0) is 44.7 Å². The summed E-state index contributed by atoms with van der Waals surface area (Å²) >= 11 is 0. The molecular weight excluding hydrogens is 240 g/mol. The average Bonchev–Trinajstić information content (AvgIpc) is 2.85. The Hall–Kier alpha value is -1.39. The fourth-order valence-corrected chi connectivity index (χ4v) is 2.80. The number of nitrogens with zero attached hydrogens (tertiary/aromatic N) is 1. The summed E-state index contributed by atoms with van der Waals surface area (Å²) in [6.07, 6.45) is 7.33. The van der Waals surface area contributed by atoms with Gasteiger partial charge in [0.05, 0.1) is 12.1 Å². The third kappa shape index (κ3) is 2.80. The van der Waals surface area contributed by atoms with Gasteiger partial charge in [-0.1, -0.05) is 0 Å². The number of hydrogen-bond acceptors (Lipinski definition) is 4. The van der Waals surface area contributed by atoms with E-state index in [0.29, 0.717) is 6.04 Å². The minimum Gasteiger partial charge on any atom is -0.459 e.